The van der Waals surface area contributed by atoms with Gasteiger partial charge in [-0.1, -0.05) is 18.2 Å². The molecule has 0 atom stereocenters. The average Bonchev–Trinajstić information content (AvgIpc) is 2.86. The molecule has 0 N–H and O–H groups in total. The van der Waals surface area contributed by atoms with Crippen molar-refractivity contribution in [1.82, 2.24) is 4.57 Å². The van der Waals surface area contributed by atoms with E-state index in [1.807, 2.05) is 0 Å². The van der Waals surface area contributed by atoms with E-state index in [-0.39, 0.29) is 5.60 Å². The smallest absolute Gasteiger partial charge is 0.270 e. The van der Waals surface area contributed by atoms with Crippen LogP contribution in [0.4, 0.5) is 0 Å². The fourth-order valence-electron chi connectivity index (χ4n) is 2.99. The highest BCUT2D eigenvalue weighted by molar-refractivity contribution is 6.70. The van der Waals surface area contributed by atoms with Crippen molar-refractivity contribution in [1.29, 1.82) is 0 Å². The van der Waals surface area contributed by atoms with Crippen LogP contribution in [0.5, 0.6) is 0 Å². The van der Waals surface area contributed by atoms with Gasteiger partial charge in [-0.05, 0) is 39.6 Å². The predicted molar refractivity (Wildman–Crippen MR) is 94.1 cm³/mol. The van der Waals surface area contributed by atoms with Gasteiger partial charge in [0.2, 0.25) is 8.32 Å². The zero-order chi connectivity index (χ0) is 16.1. The highest BCUT2D eigenvalue weighted by atomic mass is 28.4. The molecule has 0 bridgehead atoms. The molecule has 0 saturated heterocycles. The van der Waals surface area contributed by atoms with Gasteiger partial charge in [-0.25, -0.2) is 0 Å². The summed E-state index contributed by atoms with van der Waals surface area (Å²) in [4.78, 5) is 0. The Morgan fingerprint density at radius 1 is 1.18 bits per heavy atom. The molecule has 3 nitrogen and oxygen atoms in total. The molecule has 2 heterocycles. The summed E-state index contributed by atoms with van der Waals surface area (Å²) in [6, 6.07) is 8.50. The summed E-state index contributed by atoms with van der Waals surface area (Å²) >= 11 is 0. The van der Waals surface area contributed by atoms with Gasteiger partial charge in [0.25, 0.3) is 5.95 Å². The first-order valence-corrected chi connectivity index (χ1v) is 11.2. The highest BCUT2D eigenvalue weighted by Crippen LogP contribution is 2.43. The maximum atomic E-state index is 6.25. The third-order valence-corrected chi connectivity index (χ3v) is 4.64. The molecular weight excluding hydrogens is 290 g/mol. The minimum absolute atomic E-state index is 0.207. The lowest BCUT2D eigenvalue weighted by molar-refractivity contribution is 0.00576. The van der Waals surface area contributed by atoms with Crippen molar-refractivity contribution in [3.05, 3.63) is 42.0 Å². The number of aryl methyl sites for hydroxylation is 1. The zero-order valence-corrected chi connectivity index (χ0v) is 15.4. The Balaban J connectivity index is 2.15. The Labute approximate surface area is 133 Å². The van der Waals surface area contributed by atoms with Gasteiger partial charge >= 0.3 is 0 Å². The maximum absolute atomic E-state index is 6.25. The van der Waals surface area contributed by atoms with E-state index >= 15 is 0 Å². The lowest BCUT2D eigenvalue weighted by Gasteiger charge is -2.24. The van der Waals surface area contributed by atoms with Crippen LogP contribution in [0.1, 0.15) is 25.8 Å². The molecule has 0 radical (unpaired) electrons. The van der Waals surface area contributed by atoms with Gasteiger partial charge in [0.15, 0.2) is 0 Å². The molecule has 4 heteroatoms. The molecule has 118 valence electrons. The molecule has 1 aliphatic rings. The van der Waals surface area contributed by atoms with Crippen molar-refractivity contribution in [2.45, 2.75) is 45.5 Å². The van der Waals surface area contributed by atoms with E-state index in [1.54, 1.807) is 0 Å². The molecule has 0 saturated carbocycles. The first-order chi connectivity index (χ1) is 10.2. The first kappa shape index (κ1) is 15.2. The minimum Gasteiger partial charge on any atom is -0.519 e. The Morgan fingerprint density at radius 3 is 2.55 bits per heavy atom. The number of fused-ring (bicyclic) bond motifs is 1. The number of nitrogens with zero attached hydrogens (tertiary/aromatic N) is 1. The maximum Gasteiger partial charge on any atom is 0.270 e. The number of rotatable bonds is 3. The van der Waals surface area contributed by atoms with Crippen LogP contribution in [0.25, 0.3) is 16.5 Å². The van der Waals surface area contributed by atoms with Crippen LogP contribution in [0.3, 0.4) is 0 Å². The van der Waals surface area contributed by atoms with Gasteiger partial charge in [0, 0.05) is 41.7 Å². The number of hydrogen-bond acceptors (Lipinski definition) is 2. The highest BCUT2D eigenvalue weighted by Gasteiger charge is 2.37. The molecule has 2 aromatic rings. The van der Waals surface area contributed by atoms with Crippen LogP contribution < -0.4 is 0 Å². The second-order valence-electron chi connectivity index (χ2n) is 7.69. The fourth-order valence-corrected chi connectivity index (χ4v) is 3.72. The normalized spacial score (nSPS) is 17.9. The minimum atomic E-state index is -1.71. The van der Waals surface area contributed by atoms with Crippen LogP contribution in [0.15, 0.2) is 36.4 Å². The Morgan fingerprint density at radius 2 is 1.86 bits per heavy atom. The van der Waals surface area contributed by atoms with E-state index < -0.39 is 8.32 Å². The molecule has 0 amide bonds. The van der Waals surface area contributed by atoms with Crippen molar-refractivity contribution in [3.8, 4) is 0 Å². The quantitative estimate of drug-likeness (QED) is 0.752. The van der Waals surface area contributed by atoms with Crippen LogP contribution in [0, 0.1) is 0 Å². The van der Waals surface area contributed by atoms with E-state index in [2.05, 4.69) is 75.6 Å². The molecule has 3 rings (SSSR count). The summed E-state index contributed by atoms with van der Waals surface area (Å²) in [5.74, 6) is 0.737. The SMILES string of the molecule is Cn1cc(C2=C(O[Si](C)(C)C)OC(C)(C)C2)c2ccccc21. The van der Waals surface area contributed by atoms with Crippen LogP contribution in [-0.2, 0) is 16.2 Å². The number of aromatic nitrogens is 1. The second-order valence-corrected chi connectivity index (χ2v) is 12.1. The number of para-hydroxylation sites is 1. The van der Waals surface area contributed by atoms with E-state index in [9.17, 15) is 0 Å². The van der Waals surface area contributed by atoms with Gasteiger partial charge in [-0.15, -0.1) is 0 Å². The van der Waals surface area contributed by atoms with Gasteiger partial charge in [0.1, 0.15) is 5.60 Å². The molecular formula is C18H25NO2Si. The largest absolute Gasteiger partial charge is 0.519 e. The average molecular weight is 315 g/mol. The van der Waals surface area contributed by atoms with Gasteiger partial charge in [0.05, 0.1) is 0 Å². The van der Waals surface area contributed by atoms with Gasteiger partial charge < -0.3 is 13.7 Å². The molecule has 0 aliphatic carbocycles. The first-order valence-electron chi connectivity index (χ1n) is 7.82. The Bertz CT molecular complexity index is 750. The second kappa shape index (κ2) is 4.91. The van der Waals surface area contributed by atoms with E-state index in [1.165, 1.54) is 22.0 Å². The van der Waals surface area contributed by atoms with E-state index in [0.29, 0.717) is 0 Å². The fraction of sp³-hybridized carbons (Fsp3) is 0.444. The van der Waals surface area contributed by atoms with Crippen molar-refractivity contribution in [3.63, 3.8) is 0 Å². The molecule has 1 aromatic heterocycles. The summed E-state index contributed by atoms with van der Waals surface area (Å²) < 4.78 is 14.6. The Hall–Kier alpha value is -1.68. The number of hydrogen-bond donors (Lipinski definition) is 0. The summed E-state index contributed by atoms with van der Waals surface area (Å²) in [6.45, 7) is 10.8. The van der Waals surface area contributed by atoms with E-state index in [0.717, 1.165) is 12.4 Å². The van der Waals surface area contributed by atoms with Gasteiger partial charge in [-0.3, -0.25) is 0 Å². The topological polar surface area (TPSA) is 23.4 Å². The number of ether oxygens (including phenoxy) is 1. The predicted octanol–water partition coefficient (Wildman–Crippen LogP) is 4.90. The molecule has 0 fully saturated rings. The lowest BCUT2D eigenvalue weighted by atomic mass is 9.96. The van der Waals surface area contributed by atoms with Crippen molar-refractivity contribution in [2.24, 2.45) is 7.05 Å². The Kier molecular flexibility index (Phi) is 3.40. The van der Waals surface area contributed by atoms with E-state index in [4.69, 9.17) is 9.16 Å². The van der Waals surface area contributed by atoms with Crippen molar-refractivity contribution in [2.75, 3.05) is 0 Å². The summed E-state index contributed by atoms with van der Waals surface area (Å²) in [5.41, 5.74) is 3.46. The molecule has 1 aromatic carbocycles. The molecule has 22 heavy (non-hydrogen) atoms. The van der Waals surface area contributed by atoms with Crippen molar-refractivity contribution >= 4 is 24.8 Å². The molecule has 0 unspecified atom stereocenters. The van der Waals surface area contributed by atoms with Crippen molar-refractivity contribution < 1.29 is 9.16 Å². The third kappa shape index (κ3) is 2.80. The summed E-state index contributed by atoms with van der Waals surface area (Å²) in [5, 5.41) is 1.26. The summed E-state index contributed by atoms with van der Waals surface area (Å²) in [7, 11) is 0.380. The van der Waals surface area contributed by atoms with Gasteiger partial charge in [-0.2, -0.15) is 0 Å². The van der Waals surface area contributed by atoms with Crippen LogP contribution >= 0.6 is 0 Å². The monoisotopic (exact) mass is 315 g/mol. The van der Waals surface area contributed by atoms with Crippen LogP contribution in [0.2, 0.25) is 19.6 Å². The molecule has 1 aliphatic heterocycles. The third-order valence-electron chi connectivity index (χ3n) is 3.84. The molecule has 0 spiro atoms. The summed E-state index contributed by atoms with van der Waals surface area (Å²) in [6.07, 6.45) is 3.07. The lowest BCUT2D eigenvalue weighted by Crippen LogP contribution is -2.27. The number of benzene rings is 1. The zero-order valence-electron chi connectivity index (χ0n) is 14.4. The standard InChI is InChI=1S/C18H25NO2Si/c1-18(2)11-14(17(20-18)21-22(4,5)6)15-12-19(3)16-10-8-7-9-13(15)16/h7-10,12H,11H2,1-6H3. The van der Waals surface area contributed by atoms with Crippen LogP contribution in [-0.4, -0.2) is 18.5 Å².